The monoisotopic (exact) mass is 430 g/mol. The van der Waals surface area contributed by atoms with Gasteiger partial charge < -0.3 is 15.5 Å². The van der Waals surface area contributed by atoms with Crippen molar-refractivity contribution in [2.45, 2.75) is 46.2 Å². The van der Waals surface area contributed by atoms with Crippen molar-refractivity contribution in [3.63, 3.8) is 0 Å². The highest BCUT2D eigenvalue weighted by Crippen LogP contribution is 2.20. The third-order valence-electron chi connectivity index (χ3n) is 5.94. The molecule has 1 aliphatic heterocycles. The number of guanidine groups is 1. The number of benzene rings is 2. The van der Waals surface area contributed by atoms with Crippen molar-refractivity contribution in [1.29, 1.82) is 0 Å². The number of aryl methyl sites for hydroxylation is 2. The van der Waals surface area contributed by atoms with Gasteiger partial charge in [0.05, 0.1) is 17.9 Å². The van der Waals surface area contributed by atoms with Gasteiger partial charge in [-0.1, -0.05) is 36.4 Å². The van der Waals surface area contributed by atoms with Crippen molar-refractivity contribution in [2.75, 3.05) is 24.5 Å². The molecule has 0 bridgehead atoms. The smallest absolute Gasteiger partial charge is 0.191 e. The Kier molecular flexibility index (Phi) is 7.10. The molecule has 168 valence electrons. The molecule has 2 N–H and O–H groups in total. The number of aromatic nitrogens is 2. The van der Waals surface area contributed by atoms with E-state index < -0.39 is 0 Å². The van der Waals surface area contributed by atoms with Crippen LogP contribution in [-0.4, -0.2) is 41.4 Å². The summed E-state index contributed by atoms with van der Waals surface area (Å²) in [7, 11) is 0. The average Bonchev–Trinajstić information content (AvgIpc) is 3.16. The number of hydrogen-bond donors (Lipinski definition) is 2. The topological polar surface area (TPSA) is 57.5 Å². The van der Waals surface area contributed by atoms with E-state index in [4.69, 9.17) is 4.99 Å². The number of nitrogens with zero attached hydrogens (tertiary/aromatic N) is 4. The number of rotatable bonds is 6. The van der Waals surface area contributed by atoms with E-state index in [1.807, 2.05) is 11.6 Å². The first-order valence-corrected chi connectivity index (χ1v) is 11.6. The number of nitrogens with one attached hydrogen (secondary N) is 2. The van der Waals surface area contributed by atoms with Crippen LogP contribution in [0.1, 0.15) is 36.7 Å². The zero-order chi connectivity index (χ0) is 22.3. The van der Waals surface area contributed by atoms with Gasteiger partial charge in [0.2, 0.25) is 0 Å². The Morgan fingerprint density at radius 1 is 1.03 bits per heavy atom. The van der Waals surface area contributed by atoms with Gasteiger partial charge in [-0.3, -0.25) is 0 Å². The summed E-state index contributed by atoms with van der Waals surface area (Å²) < 4.78 is 2.01. The van der Waals surface area contributed by atoms with Crippen molar-refractivity contribution in [3.05, 3.63) is 77.6 Å². The maximum absolute atomic E-state index is 4.92. The fraction of sp³-hybridized carbons (Fsp3) is 0.385. The van der Waals surface area contributed by atoms with E-state index >= 15 is 0 Å². The van der Waals surface area contributed by atoms with Crippen LogP contribution in [0.15, 0.2) is 65.7 Å². The van der Waals surface area contributed by atoms with Crippen LogP contribution >= 0.6 is 0 Å². The summed E-state index contributed by atoms with van der Waals surface area (Å²) in [6.07, 6.45) is 2.20. The standard InChI is InChI=1S/C26H34N6/c1-4-27-26(29-23-14-16-31(17-15-23)24-11-6-5-7-12-24)28-19-22-10-8-9-13-25(22)32-21(3)18-20(2)30-32/h5-13,18,23H,4,14-17,19H2,1-3H3,(H2,27,28,29). The lowest BCUT2D eigenvalue weighted by Gasteiger charge is -2.34. The van der Waals surface area contributed by atoms with E-state index in [1.165, 1.54) is 5.69 Å². The van der Waals surface area contributed by atoms with Crippen molar-refractivity contribution in [1.82, 2.24) is 20.4 Å². The van der Waals surface area contributed by atoms with Crippen molar-refractivity contribution < 1.29 is 0 Å². The Hall–Kier alpha value is -3.28. The van der Waals surface area contributed by atoms with E-state index in [1.54, 1.807) is 0 Å². The van der Waals surface area contributed by atoms with Crippen molar-refractivity contribution in [3.8, 4) is 5.69 Å². The highest BCUT2D eigenvalue weighted by molar-refractivity contribution is 5.80. The molecule has 2 heterocycles. The lowest BCUT2D eigenvalue weighted by Crippen LogP contribution is -2.48. The molecule has 0 atom stereocenters. The molecule has 0 radical (unpaired) electrons. The fourth-order valence-corrected chi connectivity index (χ4v) is 4.32. The fourth-order valence-electron chi connectivity index (χ4n) is 4.32. The number of anilines is 1. The second kappa shape index (κ2) is 10.4. The number of para-hydroxylation sites is 2. The van der Waals surface area contributed by atoms with Gasteiger partial charge in [-0.25, -0.2) is 9.67 Å². The lowest BCUT2D eigenvalue weighted by atomic mass is 10.0. The Balaban J connectivity index is 1.42. The highest BCUT2D eigenvalue weighted by atomic mass is 15.3. The molecule has 1 fully saturated rings. The van der Waals surface area contributed by atoms with Gasteiger partial charge in [-0.05, 0) is 63.4 Å². The minimum atomic E-state index is 0.430. The third-order valence-corrected chi connectivity index (χ3v) is 5.94. The van der Waals surface area contributed by atoms with Crippen LogP contribution in [0.25, 0.3) is 5.69 Å². The van der Waals surface area contributed by atoms with Crippen molar-refractivity contribution in [2.24, 2.45) is 4.99 Å². The molecular formula is C26H34N6. The Labute approximate surface area is 191 Å². The Bertz CT molecular complexity index is 1030. The summed E-state index contributed by atoms with van der Waals surface area (Å²) in [6.45, 7) is 9.79. The summed E-state index contributed by atoms with van der Waals surface area (Å²) in [6, 6.07) is 21.6. The number of aliphatic imine (C=N–C) groups is 1. The molecule has 0 amide bonds. The van der Waals surface area contributed by atoms with Gasteiger partial charge >= 0.3 is 0 Å². The summed E-state index contributed by atoms with van der Waals surface area (Å²) in [5, 5.41) is 11.7. The van der Waals surface area contributed by atoms with Gasteiger partial charge in [-0.15, -0.1) is 0 Å². The predicted molar refractivity (Wildman–Crippen MR) is 133 cm³/mol. The van der Waals surface area contributed by atoms with Crippen molar-refractivity contribution >= 4 is 11.6 Å². The van der Waals surface area contributed by atoms with Crippen LogP contribution in [0.5, 0.6) is 0 Å². The molecule has 2 aromatic carbocycles. The average molecular weight is 431 g/mol. The second-order valence-corrected chi connectivity index (χ2v) is 8.40. The quantitative estimate of drug-likeness (QED) is 0.454. The van der Waals surface area contributed by atoms with E-state index in [0.717, 1.165) is 61.1 Å². The molecule has 4 rings (SSSR count). The van der Waals surface area contributed by atoms with Gasteiger partial charge in [0.15, 0.2) is 5.96 Å². The molecule has 0 saturated carbocycles. The van der Waals surface area contributed by atoms with E-state index in [-0.39, 0.29) is 0 Å². The van der Waals surface area contributed by atoms with Crippen LogP contribution in [0.2, 0.25) is 0 Å². The molecule has 32 heavy (non-hydrogen) atoms. The molecule has 6 nitrogen and oxygen atoms in total. The van der Waals surface area contributed by atoms with Crippen LogP contribution < -0.4 is 15.5 Å². The molecule has 1 aromatic heterocycles. The van der Waals surface area contributed by atoms with E-state index in [0.29, 0.717) is 12.6 Å². The molecule has 6 heteroatoms. The first-order valence-electron chi connectivity index (χ1n) is 11.6. The first-order chi connectivity index (χ1) is 15.6. The van der Waals surface area contributed by atoms with Gasteiger partial charge in [0.1, 0.15) is 0 Å². The molecule has 0 unspecified atom stereocenters. The minimum absolute atomic E-state index is 0.430. The van der Waals surface area contributed by atoms with Gasteiger partial charge in [0, 0.05) is 37.1 Å². The normalized spacial score (nSPS) is 15.1. The van der Waals surface area contributed by atoms with Gasteiger partial charge in [-0.2, -0.15) is 5.10 Å². The predicted octanol–water partition coefficient (Wildman–Crippen LogP) is 4.21. The zero-order valence-electron chi connectivity index (χ0n) is 19.4. The summed E-state index contributed by atoms with van der Waals surface area (Å²) in [4.78, 5) is 7.38. The van der Waals surface area contributed by atoms with Crippen LogP contribution in [0.3, 0.4) is 0 Å². The maximum Gasteiger partial charge on any atom is 0.191 e. The van der Waals surface area contributed by atoms with Gasteiger partial charge in [0.25, 0.3) is 0 Å². The Morgan fingerprint density at radius 2 is 1.75 bits per heavy atom. The summed E-state index contributed by atoms with van der Waals surface area (Å²) in [5.74, 6) is 0.883. The molecule has 3 aromatic rings. The SMILES string of the molecule is CCNC(=NCc1ccccc1-n1nc(C)cc1C)NC1CCN(c2ccccc2)CC1. The van der Waals surface area contributed by atoms with Crippen LogP contribution in [0, 0.1) is 13.8 Å². The summed E-state index contributed by atoms with van der Waals surface area (Å²) >= 11 is 0. The van der Waals surface area contributed by atoms with Crippen LogP contribution in [-0.2, 0) is 6.54 Å². The molecule has 1 saturated heterocycles. The highest BCUT2D eigenvalue weighted by Gasteiger charge is 2.20. The lowest BCUT2D eigenvalue weighted by molar-refractivity contribution is 0.461. The number of hydrogen-bond acceptors (Lipinski definition) is 3. The Morgan fingerprint density at radius 3 is 2.44 bits per heavy atom. The van der Waals surface area contributed by atoms with Crippen LogP contribution in [0.4, 0.5) is 5.69 Å². The number of piperidine rings is 1. The molecule has 0 aliphatic carbocycles. The second-order valence-electron chi connectivity index (χ2n) is 8.40. The third kappa shape index (κ3) is 5.31. The molecule has 0 spiro atoms. The maximum atomic E-state index is 4.92. The zero-order valence-corrected chi connectivity index (χ0v) is 19.4. The van der Waals surface area contributed by atoms with E-state index in [2.05, 4.69) is 95.1 Å². The first kappa shape index (κ1) is 21.9. The molecular weight excluding hydrogens is 396 g/mol. The molecule has 1 aliphatic rings. The minimum Gasteiger partial charge on any atom is -0.371 e. The largest absolute Gasteiger partial charge is 0.371 e. The summed E-state index contributed by atoms with van der Waals surface area (Å²) in [5.41, 5.74) is 5.72. The van der Waals surface area contributed by atoms with E-state index in [9.17, 15) is 0 Å².